The maximum Gasteiger partial charge on any atom is 0.289 e. The quantitative estimate of drug-likeness (QED) is 0.679. The van der Waals surface area contributed by atoms with E-state index in [1.165, 1.54) is 5.69 Å². The number of hydrogen-bond donors (Lipinski definition) is 0. The highest BCUT2D eigenvalue weighted by Crippen LogP contribution is 2.47. The first-order valence-electron chi connectivity index (χ1n) is 10.3. The number of aromatic nitrogens is 2. The Labute approximate surface area is 170 Å². The van der Waals surface area contributed by atoms with Gasteiger partial charge in [-0.05, 0) is 55.7 Å². The van der Waals surface area contributed by atoms with Crippen LogP contribution in [0.2, 0.25) is 0 Å². The molecule has 150 valence electrons. The number of furan rings is 1. The Morgan fingerprint density at radius 1 is 1.24 bits per heavy atom. The topological polar surface area (TPSA) is 54.5 Å². The number of carbonyl (C=O) groups excluding carboxylic acids is 1. The molecule has 1 amide bonds. The molecule has 2 aliphatic heterocycles. The van der Waals surface area contributed by atoms with Gasteiger partial charge in [-0.1, -0.05) is 13.8 Å². The van der Waals surface area contributed by atoms with Gasteiger partial charge in [0.05, 0.1) is 17.9 Å². The Morgan fingerprint density at radius 2 is 2.10 bits per heavy atom. The van der Waals surface area contributed by atoms with Gasteiger partial charge in [-0.25, -0.2) is 4.98 Å². The Balaban J connectivity index is 1.58. The summed E-state index contributed by atoms with van der Waals surface area (Å²) in [5.74, 6) is 2.59. The number of aryl methyl sites for hydroxylation is 1. The first-order valence-corrected chi connectivity index (χ1v) is 10.3. The molecule has 0 radical (unpaired) electrons. The largest absolute Gasteiger partial charge is 0.456 e. The summed E-state index contributed by atoms with van der Waals surface area (Å²) in [5.41, 5.74) is 2.07. The average Bonchev–Trinajstić information content (AvgIpc) is 3.44. The van der Waals surface area contributed by atoms with Crippen molar-refractivity contribution >= 4 is 11.6 Å². The molecule has 6 heteroatoms. The van der Waals surface area contributed by atoms with E-state index in [-0.39, 0.29) is 11.4 Å². The molecule has 0 aliphatic carbocycles. The Kier molecular flexibility index (Phi) is 4.05. The summed E-state index contributed by atoms with van der Waals surface area (Å²) in [6.07, 6.45) is 4.80. The van der Waals surface area contributed by atoms with Gasteiger partial charge < -0.3 is 18.8 Å². The molecular weight excluding hydrogens is 364 g/mol. The number of anilines is 1. The smallest absolute Gasteiger partial charge is 0.289 e. The third kappa shape index (κ3) is 2.69. The maximum atomic E-state index is 13.1. The Hall–Kier alpha value is -3.02. The molecule has 1 spiro atoms. The van der Waals surface area contributed by atoms with Gasteiger partial charge >= 0.3 is 0 Å². The lowest BCUT2D eigenvalue weighted by molar-refractivity contribution is 0.0748. The maximum absolute atomic E-state index is 13.1. The number of carbonyl (C=O) groups is 1. The van der Waals surface area contributed by atoms with Crippen LogP contribution >= 0.6 is 0 Å². The van der Waals surface area contributed by atoms with Gasteiger partial charge in [0.25, 0.3) is 5.91 Å². The zero-order valence-corrected chi connectivity index (χ0v) is 17.1. The molecule has 5 rings (SSSR count). The predicted molar refractivity (Wildman–Crippen MR) is 111 cm³/mol. The normalized spacial score (nSPS) is 20.4. The lowest BCUT2D eigenvalue weighted by atomic mass is 9.88. The third-order valence-electron chi connectivity index (χ3n) is 6.06. The number of amides is 1. The van der Waals surface area contributed by atoms with Crippen LogP contribution in [0.4, 0.5) is 5.69 Å². The van der Waals surface area contributed by atoms with E-state index in [0.29, 0.717) is 24.8 Å². The van der Waals surface area contributed by atoms with Crippen LogP contribution in [0.25, 0.3) is 5.82 Å². The predicted octanol–water partition coefficient (Wildman–Crippen LogP) is 3.99. The average molecular weight is 390 g/mol. The van der Waals surface area contributed by atoms with Crippen molar-refractivity contribution in [3.8, 4) is 5.82 Å². The van der Waals surface area contributed by atoms with Gasteiger partial charge in [0.15, 0.2) is 11.6 Å². The van der Waals surface area contributed by atoms with E-state index in [1.807, 2.05) is 30.2 Å². The summed E-state index contributed by atoms with van der Waals surface area (Å²) in [7, 11) is 0. The molecule has 0 bridgehead atoms. The van der Waals surface area contributed by atoms with E-state index in [1.54, 1.807) is 6.07 Å². The fraction of sp³-hybridized carbons (Fsp3) is 0.391. The SMILES string of the molecule is Cc1ccc(C(=O)N2CC[C@@]3(C2)c2cccn2-c2ncccc2N3CC(C)C)o1. The van der Waals surface area contributed by atoms with Crippen LogP contribution in [0.15, 0.2) is 53.2 Å². The number of pyridine rings is 1. The number of likely N-dealkylation sites (tertiary alicyclic amines) is 1. The minimum absolute atomic E-state index is 0.0328. The van der Waals surface area contributed by atoms with Gasteiger partial charge in [0, 0.05) is 25.5 Å². The Morgan fingerprint density at radius 3 is 2.86 bits per heavy atom. The summed E-state index contributed by atoms with van der Waals surface area (Å²) >= 11 is 0. The second-order valence-corrected chi connectivity index (χ2v) is 8.53. The highest BCUT2D eigenvalue weighted by Gasteiger charge is 2.51. The highest BCUT2D eigenvalue weighted by atomic mass is 16.3. The molecular formula is C23H26N4O2. The highest BCUT2D eigenvalue weighted by molar-refractivity contribution is 5.92. The van der Waals surface area contributed by atoms with Crippen LogP contribution < -0.4 is 4.90 Å². The molecule has 2 aliphatic rings. The van der Waals surface area contributed by atoms with Gasteiger partial charge in [-0.3, -0.25) is 4.79 Å². The van der Waals surface area contributed by atoms with Crippen LogP contribution in [0.3, 0.4) is 0 Å². The fourth-order valence-corrected chi connectivity index (χ4v) is 4.84. The van der Waals surface area contributed by atoms with Crippen LogP contribution in [0.1, 0.15) is 42.3 Å². The van der Waals surface area contributed by atoms with Crippen LogP contribution in [0.5, 0.6) is 0 Å². The van der Waals surface area contributed by atoms with E-state index in [4.69, 9.17) is 4.42 Å². The molecule has 1 saturated heterocycles. The summed E-state index contributed by atoms with van der Waals surface area (Å²) in [4.78, 5) is 22.2. The molecule has 3 aromatic heterocycles. The lowest BCUT2D eigenvalue weighted by Crippen LogP contribution is -2.54. The van der Waals surface area contributed by atoms with Crippen molar-refractivity contribution in [1.82, 2.24) is 14.5 Å². The zero-order valence-electron chi connectivity index (χ0n) is 17.1. The van der Waals surface area contributed by atoms with Crippen molar-refractivity contribution in [2.24, 2.45) is 5.92 Å². The first-order chi connectivity index (χ1) is 14.0. The van der Waals surface area contributed by atoms with Crippen molar-refractivity contribution in [2.45, 2.75) is 32.7 Å². The van der Waals surface area contributed by atoms with Gasteiger partial charge in [-0.15, -0.1) is 0 Å². The van der Waals surface area contributed by atoms with Gasteiger partial charge in [-0.2, -0.15) is 0 Å². The van der Waals surface area contributed by atoms with E-state index < -0.39 is 0 Å². The monoisotopic (exact) mass is 390 g/mol. The van der Waals surface area contributed by atoms with E-state index in [0.717, 1.165) is 30.2 Å². The van der Waals surface area contributed by atoms with Gasteiger partial charge in [0.1, 0.15) is 11.3 Å². The molecule has 0 aromatic carbocycles. The summed E-state index contributed by atoms with van der Waals surface area (Å²) in [5, 5.41) is 0. The number of nitrogens with zero attached hydrogens (tertiary/aromatic N) is 4. The number of fused-ring (bicyclic) bond motifs is 4. The molecule has 0 saturated carbocycles. The molecule has 1 atom stereocenters. The van der Waals surface area contributed by atoms with Crippen LogP contribution in [0, 0.1) is 12.8 Å². The lowest BCUT2D eigenvalue weighted by Gasteiger charge is -2.47. The number of rotatable bonds is 3. The van der Waals surface area contributed by atoms with Crippen molar-refractivity contribution in [1.29, 1.82) is 0 Å². The molecule has 6 nitrogen and oxygen atoms in total. The minimum atomic E-state index is -0.263. The first kappa shape index (κ1) is 18.0. The second-order valence-electron chi connectivity index (χ2n) is 8.53. The van der Waals surface area contributed by atoms with E-state index in [9.17, 15) is 4.79 Å². The number of hydrogen-bond acceptors (Lipinski definition) is 4. The molecule has 5 heterocycles. The minimum Gasteiger partial charge on any atom is -0.456 e. The summed E-state index contributed by atoms with van der Waals surface area (Å²) in [6, 6.07) is 12.0. The standard InChI is InChI=1S/C23H26N4O2/c1-16(2)14-27-18-6-4-11-24-21(18)26-12-5-7-20(26)23(27)10-13-25(15-23)22(28)19-9-8-17(3)29-19/h4-9,11-12,16H,10,13-15H2,1-3H3/t23-/m1/s1. The fourth-order valence-electron chi connectivity index (χ4n) is 4.84. The van der Waals surface area contributed by atoms with Crippen LogP contribution in [-0.4, -0.2) is 40.0 Å². The zero-order chi connectivity index (χ0) is 20.2. The molecule has 29 heavy (non-hydrogen) atoms. The van der Waals surface area contributed by atoms with Crippen molar-refractivity contribution in [3.05, 3.63) is 66.0 Å². The molecule has 0 unspecified atom stereocenters. The molecule has 3 aromatic rings. The van der Waals surface area contributed by atoms with E-state index in [2.05, 4.69) is 52.7 Å². The van der Waals surface area contributed by atoms with Crippen LogP contribution in [-0.2, 0) is 5.54 Å². The third-order valence-corrected chi connectivity index (χ3v) is 6.06. The second kappa shape index (κ2) is 6.51. The van der Waals surface area contributed by atoms with Crippen molar-refractivity contribution < 1.29 is 9.21 Å². The van der Waals surface area contributed by atoms with Crippen molar-refractivity contribution in [3.63, 3.8) is 0 Å². The summed E-state index contributed by atoms with van der Waals surface area (Å²) < 4.78 is 7.81. The van der Waals surface area contributed by atoms with Crippen molar-refractivity contribution in [2.75, 3.05) is 24.5 Å². The molecule has 0 N–H and O–H groups in total. The molecule has 1 fully saturated rings. The Bertz CT molecular complexity index is 1070. The summed E-state index contributed by atoms with van der Waals surface area (Å²) in [6.45, 7) is 8.59. The van der Waals surface area contributed by atoms with Gasteiger partial charge in [0.2, 0.25) is 0 Å². The van der Waals surface area contributed by atoms with E-state index >= 15 is 0 Å².